The molecule has 1 aromatic carbocycles. The molecule has 16 heavy (non-hydrogen) atoms. The molecule has 0 saturated carbocycles. The number of rotatable bonds is 4. The van der Waals surface area contributed by atoms with Crippen molar-refractivity contribution >= 4 is 27.6 Å². The van der Waals surface area contributed by atoms with Crippen molar-refractivity contribution in [2.45, 2.75) is 19.9 Å². The Morgan fingerprint density at radius 3 is 2.38 bits per heavy atom. The summed E-state index contributed by atoms with van der Waals surface area (Å²) in [7, 11) is 1.41. The van der Waals surface area contributed by atoms with E-state index >= 15 is 0 Å². The molecular weight excluding hydrogens is 270 g/mol. The number of benzene rings is 1. The Morgan fingerprint density at radius 2 is 1.88 bits per heavy atom. The van der Waals surface area contributed by atoms with Crippen LogP contribution in [0.3, 0.4) is 0 Å². The molecule has 0 saturated heterocycles. The van der Waals surface area contributed by atoms with Crippen LogP contribution in [0.2, 0.25) is 0 Å². The van der Waals surface area contributed by atoms with Crippen molar-refractivity contribution in [3.8, 4) is 0 Å². The fourth-order valence-electron chi connectivity index (χ4n) is 1.32. The standard InChI is InChI=1S/C12H16BrNO2/c1-8(12(15)16-3)9(2)14-11-6-4-10(13)5-7-11/h4-9,14H,1-3H3. The summed E-state index contributed by atoms with van der Waals surface area (Å²) in [6, 6.07) is 7.87. The van der Waals surface area contributed by atoms with E-state index in [2.05, 4.69) is 21.2 Å². The average Bonchev–Trinajstić information content (AvgIpc) is 2.30. The van der Waals surface area contributed by atoms with Gasteiger partial charge in [0.1, 0.15) is 0 Å². The smallest absolute Gasteiger partial charge is 0.310 e. The van der Waals surface area contributed by atoms with Crippen LogP contribution in [0.25, 0.3) is 0 Å². The van der Waals surface area contributed by atoms with E-state index in [1.54, 1.807) is 0 Å². The fraction of sp³-hybridized carbons (Fsp3) is 0.417. The summed E-state index contributed by atoms with van der Waals surface area (Å²) in [5, 5.41) is 3.26. The largest absolute Gasteiger partial charge is 0.469 e. The molecular formula is C12H16BrNO2. The number of anilines is 1. The van der Waals surface area contributed by atoms with Crippen LogP contribution < -0.4 is 5.32 Å². The van der Waals surface area contributed by atoms with Gasteiger partial charge < -0.3 is 10.1 Å². The van der Waals surface area contributed by atoms with E-state index in [1.807, 2.05) is 38.1 Å². The lowest BCUT2D eigenvalue weighted by Crippen LogP contribution is -2.30. The number of halogens is 1. The molecule has 0 aromatic heterocycles. The van der Waals surface area contributed by atoms with Gasteiger partial charge in [-0.25, -0.2) is 0 Å². The Balaban J connectivity index is 2.60. The Kier molecular flexibility index (Phi) is 4.80. The number of hydrogen-bond donors (Lipinski definition) is 1. The Bertz CT molecular complexity index is 351. The fourth-order valence-corrected chi connectivity index (χ4v) is 1.59. The first-order chi connectivity index (χ1) is 7.54. The van der Waals surface area contributed by atoms with Gasteiger partial charge in [-0.3, -0.25) is 4.79 Å². The van der Waals surface area contributed by atoms with Crippen LogP contribution in [-0.4, -0.2) is 19.1 Å². The first-order valence-electron chi connectivity index (χ1n) is 5.14. The minimum Gasteiger partial charge on any atom is -0.469 e. The second-order valence-corrected chi connectivity index (χ2v) is 4.67. The van der Waals surface area contributed by atoms with Crippen molar-refractivity contribution < 1.29 is 9.53 Å². The van der Waals surface area contributed by atoms with Gasteiger partial charge in [0, 0.05) is 16.2 Å². The van der Waals surface area contributed by atoms with Crippen molar-refractivity contribution in [1.29, 1.82) is 0 Å². The van der Waals surface area contributed by atoms with Crippen LogP contribution in [-0.2, 0) is 9.53 Å². The van der Waals surface area contributed by atoms with Gasteiger partial charge in [0.25, 0.3) is 0 Å². The zero-order valence-corrected chi connectivity index (χ0v) is 11.2. The molecule has 0 spiro atoms. The van der Waals surface area contributed by atoms with E-state index < -0.39 is 0 Å². The maximum Gasteiger partial charge on any atom is 0.310 e. The minimum atomic E-state index is -0.197. The first-order valence-corrected chi connectivity index (χ1v) is 5.94. The van der Waals surface area contributed by atoms with Crippen molar-refractivity contribution in [1.82, 2.24) is 0 Å². The predicted molar refractivity (Wildman–Crippen MR) is 68.4 cm³/mol. The SMILES string of the molecule is COC(=O)C(C)C(C)Nc1ccc(Br)cc1. The average molecular weight is 286 g/mol. The highest BCUT2D eigenvalue weighted by Gasteiger charge is 2.20. The third-order valence-electron chi connectivity index (χ3n) is 2.56. The summed E-state index contributed by atoms with van der Waals surface area (Å²) in [5.74, 6) is -0.370. The Labute approximate surface area is 104 Å². The monoisotopic (exact) mass is 285 g/mol. The third-order valence-corrected chi connectivity index (χ3v) is 3.09. The molecule has 2 unspecified atom stereocenters. The van der Waals surface area contributed by atoms with E-state index in [4.69, 9.17) is 4.74 Å². The molecule has 0 bridgehead atoms. The van der Waals surface area contributed by atoms with Crippen molar-refractivity contribution in [3.63, 3.8) is 0 Å². The highest BCUT2D eigenvalue weighted by molar-refractivity contribution is 9.10. The molecule has 0 aliphatic rings. The van der Waals surface area contributed by atoms with Gasteiger partial charge in [-0.2, -0.15) is 0 Å². The number of ether oxygens (including phenoxy) is 1. The van der Waals surface area contributed by atoms with Crippen molar-refractivity contribution in [3.05, 3.63) is 28.7 Å². The van der Waals surface area contributed by atoms with Crippen LogP contribution in [0.1, 0.15) is 13.8 Å². The van der Waals surface area contributed by atoms with Crippen LogP contribution in [0.5, 0.6) is 0 Å². The topological polar surface area (TPSA) is 38.3 Å². The maximum absolute atomic E-state index is 11.3. The molecule has 0 fully saturated rings. The van der Waals surface area contributed by atoms with Crippen molar-refractivity contribution in [2.24, 2.45) is 5.92 Å². The molecule has 88 valence electrons. The molecule has 0 amide bonds. The number of hydrogen-bond acceptors (Lipinski definition) is 3. The normalized spacial score (nSPS) is 14.0. The molecule has 0 aliphatic heterocycles. The summed E-state index contributed by atoms with van der Waals surface area (Å²) < 4.78 is 5.74. The molecule has 4 heteroatoms. The molecule has 1 rings (SSSR count). The van der Waals surface area contributed by atoms with E-state index in [0.717, 1.165) is 10.2 Å². The molecule has 1 aromatic rings. The number of methoxy groups -OCH3 is 1. The molecule has 2 atom stereocenters. The number of carbonyl (C=O) groups is 1. The van der Waals surface area contributed by atoms with Gasteiger partial charge in [0.05, 0.1) is 13.0 Å². The van der Waals surface area contributed by atoms with E-state index in [0.29, 0.717) is 0 Å². The van der Waals surface area contributed by atoms with Gasteiger partial charge in [0.15, 0.2) is 0 Å². The number of carbonyl (C=O) groups excluding carboxylic acids is 1. The van der Waals surface area contributed by atoms with Crippen molar-refractivity contribution in [2.75, 3.05) is 12.4 Å². The predicted octanol–water partition coefficient (Wildman–Crippen LogP) is 3.06. The summed E-state index contributed by atoms with van der Waals surface area (Å²) in [4.78, 5) is 11.3. The molecule has 0 aliphatic carbocycles. The van der Waals surface area contributed by atoms with Crippen LogP contribution >= 0.6 is 15.9 Å². The van der Waals surface area contributed by atoms with Gasteiger partial charge >= 0.3 is 5.97 Å². The van der Waals surface area contributed by atoms with Crippen LogP contribution in [0.4, 0.5) is 5.69 Å². The van der Waals surface area contributed by atoms with Crippen LogP contribution in [0.15, 0.2) is 28.7 Å². The van der Waals surface area contributed by atoms with Gasteiger partial charge in [-0.05, 0) is 38.1 Å². The van der Waals surface area contributed by atoms with E-state index in [-0.39, 0.29) is 17.9 Å². The minimum absolute atomic E-state index is 0.0358. The maximum atomic E-state index is 11.3. The van der Waals surface area contributed by atoms with E-state index in [9.17, 15) is 4.79 Å². The lowest BCUT2D eigenvalue weighted by Gasteiger charge is -2.20. The Morgan fingerprint density at radius 1 is 1.31 bits per heavy atom. The lowest BCUT2D eigenvalue weighted by molar-refractivity contribution is -0.145. The molecule has 0 heterocycles. The molecule has 0 radical (unpaired) electrons. The highest BCUT2D eigenvalue weighted by Crippen LogP contribution is 2.17. The summed E-state index contributed by atoms with van der Waals surface area (Å²) in [6.07, 6.45) is 0. The second-order valence-electron chi connectivity index (χ2n) is 3.75. The summed E-state index contributed by atoms with van der Waals surface area (Å²) in [5.41, 5.74) is 0.992. The molecule has 1 N–H and O–H groups in total. The zero-order valence-electron chi connectivity index (χ0n) is 9.66. The highest BCUT2D eigenvalue weighted by atomic mass is 79.9. The van der Waals surface area contributed by atoms with Gasteiger partial charge in [0.2, 0.25) is 0 Å². The summed E-state index contributed by atoms with van der Waals surface area (Å²) >= 11 is 3.37. The lowest BCUT2D eigenvalue weighted by atomic mass is 10.0. The third kappa shape index (κ3) is 3.52. The number of esters is 1. The zero-order chi connectivity index (χ0) is 12.1. The van der Waals surface area contributed by atoms with Crippen LogP contribution in [0, 0.1) is 5.92 Å². The van der Waals surface area contributed by atoms with Gasteiger partial charge in [-0.1, -0.05) is 15.9 Å². The quantitative estimate of drug-likeness (QED) is 0.864. The molecule has 3 nitrogen and oxygen atoms in total. The first kappa shape index (κ1) is 13.0. The number of nitrogens with one attached hydrogen (secondary N) is 1. The Hall–Kier alpha value is -1.03. The van der Waals surface area contributed by atoms with Gasteiger partial charge in [-0.15, -0.1) is 0 Å². The van der Waals surface area contributed by atoms with E-state index in [1.165, 1.54) is 7.11 Å². The second kappa shape index (κ2) is 5.89. The summed E-state index contributed by atoms with van der Waals surface area (Å²) in [6.45, 7) is 3.81.